The SMILES string of the molecule is [CH2]CCCCC(CCCC(F)(F)C(F)(F)F)C(=O)O. The van der Waals surface area contributed by atoms with Crippen molar-refractivity contribution in [3.63, 3.8) is 0 Å². The Morgan fingerprint density at radius 3 is 2.00 bits per heavy atom. The van der Waals surface area contributed by atoms with Crippen LogP contribution in [0.15, 0.2) is 0 Å². The third-order valence-corrected chi connectivity index (χ3v) is 2.86. The average Bonchev–Trinajstić information content (AvgIpc) is 2.25. The Morgan fingerprint density at radius 1 is 1.05 bits per heavy atom. The van der Waals surface area contributed by atoms with Gasteiger partial charge in [0.2, 0.25) is 0 Å². The highest BCUT2D eigenvalue weighted by Crippen LogP contribution is 2.39. The van der Waals surface area contributed by atoms with Gasteiger partial charge in [-0.15, -0.1) is 0 Å². The van der Waals surface area contributed by atoms with Crippen molar-refractivity contribution in [2.75, 3.05) is 0 Å². The first-order valence-electron chi connectivity index (χ1n) is 6.08. The summed E-state index contributed by atoms with van der Waals surface area (Å²) in [5.41, 5.74) is 0. The van der Waals surface area contributed by atoms with E-state index in [9.17, 15) is 26.7 Å². The molecule has 2 nitrogen and oxygen atoms in total. The predicted molar refractivity (Wildman–Crippen MR) is 59.8 cm³/mol. The smallest absolute Gasteiger partial charge is 0.453 e. The fraction of sp³-hybridized carbons (Fsp3) is 0.833. The van der Waals surface area contributed by atoms with E-state index in [2.05, 4.69) is 6.92 Å². The monoisotopic (exact) mass is 289 g/mol. The Kier molecular flexibility index (Phi) is 7.29. The fourth-order valence-electron chi connectivity index (χ4n) is 1.67. The summed E-state index contributed by atoms with van der Waals surface area (Å²) in [6.45, 7) is 3.58. The molecule has 0 spiro atoms. The van der Waals surface area contributed by atoms with Crippen LogP contribution < -0.4 is 0 Å². The predicted octanol–water partition coefficient (Wildman–Crippen LogP) is 4.45. The number of alkyl halides is 5. The number of hydrogen-bond donors (Lipinski definition) is 1. The Hall–Kier alpha value is -0.880. The number of hydrogen-bond acceptors (Lipinski definition) is 1. The molecule has 0 heterocycles. The molecule has 0 aliphatic heterocycles. The minimum Gasteiger partial charge on any atom is -0.481 e. The molecule has 0 bridgehead atoms. The second kappa shape index (κ2) is 7.65. The largest absolute Gasteiger partial charge is 0.481 e. The quantitative estimate of drug-likeness (QED) is 0.503. The summed E-state index contributed by atoms with van der Waals surface area (Å²) in [6, 6.07) is 0. The van der Waals surface area contributed by atoms with E-state index in [4.69, 9.17) is 5.11 Å². The molecule has 0 aromatic heterocycles. The van der Waals surface area contributed by atoms with E-state index in [0.717, 1.165) is 0 Å². The first kappa shape index (κ1) is 18.1. The van der Waals surface area contributed by atoms with Gasteiger partial charge in [0.05, 0.1) is 5.92 Å². The number of rotatable bonds is 9. The second-order valence-electron chi connectivity index (χ2n) is 4.48. The van der Waals surface area contributed by atoms with Crippen molar-refractivity contribution in [3.8, 4) is 0 Å². The summed E-state index contributed by atoms with van der Waals surface area (Å²) in [5.74, 6) is -6.77. The lowest BCUT2D eigenvalue weighted by molar-refractivity contribution is -0.284. The Bertz CT molecular complexity index is 276. The van der Waals surface area contributed by atoms with E-state index < -0.39 is 36.8 Å². The molecule has 0 fully saturated rings. The van der Waals surface area contributed by atoms with Gasteiger partial charge in [-0.05, 0) is 19.3 Å². The van der Waals surface area contributed by atoms with Crippen LogP contribution in [-0.4, -0.2) is 23.2 Å². The van der Waals surface area contributed by atoms with E-state index in [1.54, 1.807) is 0 Å². The molecule has 0 aromatic rings. The third kappa shape index (κ3) is 6.73. The molecule has 1 atom stereocenters. The van der Waals surface area contributed by atoms with Crippen LogP contribution in [0.5, 0.6) is 0 Å². The van der Waals surface area contributed by atoms with Crippen LogP contribution in [0.25, 0.3) is 0 Å². The van der Waals surface area contributed by atoms with Crippen molar-refractivity contribution in [2.24, 2.45) is 5.92 Å². The molecule has 0 amide bonds. The lowest BCUT2D eigenvalue weighted by Crippen LogP contribution is -2.36. The number of carboxylic acids is 1. The van der Waals surface area contributed by atoms with Crippen LogP contribution in [0, 0.1) is 12.8 Å². The van der Waals surface area contributed by atoms with Crippen LogP contribution in [0.1, 0.15) is 44.9 Å². The number of unbranched alkanes of at least 4 members (excludes halogenated alkanes) is 2. The minimum absolute atomic E-state index is 0.169. The van der Waals surface area contributed by atoms with E-state index in [0.29, 0.717) is 19.3 Å². The van der Waals surface area contributed by atoms with Crippen LogP contribution in [0.4, 0.5) is 22.0 Å². The molecular weight excluding hydrogens is 271 g/mol. The Labute approximate surface area is 109 Å². The van der Waals surface area contributed by atoms with Gasteiger partial charge in [-0.1, -0.05) is 26.2 Å². The molecule has 0 saturated carbocycles. The number of carboxylic acid groups (broad SMARTS) is 1. The van der Waals surface area contributed by atoms with Crippen molar-refractivity contribution in [1.29, 1.82) is 0 Å². The van der Waals surface area contributed by atoms with Crippen molar-refractivity contribution in [2.45, 2.75) is 57.0 Å². The molecule has 0 aromatic carbocycles. The molecule has 113 valence electrons. The van der Waals surface area contributed by atoms with Crippen molar-refractivity contribution in [3.05, 3.63) is 6.92 Å². The summed E-state index contributed by atoms with van der Waals surface area (Å²) in [5, 5.41) is 8.84. The summed E-state index contributed by atoms with van der Waals surface area (Å²) < 4.78 is 60.9. The molecule has 0 aliphatic carbocycles. The van der Waals surface area contributed by atoms with E-state index in [-0.39, 0.29) is 12.8 Å². The maximum atomic E-state index is 12.6. The van der Waals surface area contributed by atoms with Gasteiger partial charge in [-0.2, -0.15) is 22.0 Å². The minimum atomic E-state index is -5.57. The lowest BCUT2D eigenvalue weighted by atomic mass is 9.94. The second-order valence-corrected chi connectivity index (χ2v) is 4.48. The van der Waals surface area contributed by atoms with Crippen molar-refractivity contribution >= 4 is 5.97 Å². The van der Waals surface area contributed by atoms with Gasteiger partial charge < -0.3 is 5.11 Å². The van der Waals surface area contributed by atoms with Gasteiger partial charge in [0.1, 0.15) is 0 Å². The average molecular weight is 289 g/mol. The van der Waals surface area contributed by atoms with E-state index in [1.807, 2.05) is 0 Å². The summed E-state index contributed by atoms with van der Waals surface area (Å²) >= 11 is 0. The highest BCUT2D eigenvalue weighted by Gasteiger charge is 2.56. The standard InChI is InChI=1S/C12H18F5O2/c1-2-3-4-6-9(10(18)19)7-5-8-11(13,14)12(15,16)17/h9H,1-8H2,(H,18,19). The van der Waals surface area contributed by atoms with Crippen LogP contribution >= 0.6 is 0 Å². The summed E-state index contributed by atoms with van der Waals surface area (Å²) in [6.07, 6.45) is -5.36. The van der Waals surface area contributed by atoms with Crippen molar-refractivity contribution < 1.29 is 31.9 Å². The molecule has 19 heavy (non-hydrogen) atoms. The fourth-order valence-corrected chi connectivity index (χ4v) is 1.67. The molecule has 1 unspecified atom stereocenters. The Morgan fingerprint density at radius 2 is 1.58 bits per heavy atom. The van der Waals surface area contributed by atoms with Gasteiger partial charge in [-0.3, -0.25) is 4.79 Å². The van der Waals surface area contributed by atoms with Crippen LogP contribution in [0.2, 0.25) is 0 Å². The van der Waals surface area contributed by atoms with Crippen molar-refractivity contribution in [1.82, 2.24) is 0 Å². The van der Waals surface area contributed by atoms with Crippen LogP contribution in [-0.2, 0) is 4.79 Å². The van der Waals surface area contributed by atoms with E-state index >= 15 is 0 Å². The number of carbonyl (C=O) groups is 1. The maximum absolute atomic E-state index is 12.6. The zero-order chi connectivity index (χ0) is 15.1. The van der Waals surface area contributed by atoms with Gasteiger partial charge in [0.15, 0.2) is 0 Å². The van der Waals surface area contributed by atoms with Gasteiger partial charge in [-0.25, -0.2) is 0 Å². The molecule has 7 heteroatoms. The van der Waals surface area contributed by atoms with Gasteiger partial charge >= 0.3 is 18.1 Å². The molecule has 1 radical (unpaired) electrons. The molecule has 1 N–H and O–H groups in total. The van der Waals surface area contributed by atoms with Crippen LogP contribution in [0.3, 0.4) is 0 Å². The normalized spacial score (nSPS) is 14.4. The van der Waals surface area contributed by atoms with Gasteiger partial charge in [0, 0.05) is 6.42 Å². The summed E-state index contributed by atoms with van der Waals surface area (Å²) in [7, 11) is 0. The molecule has 0 rings (SSSR count). The molecule has 0 saturated heterocycles. The van der Waals surface area contributed by atoms with E-state index in [1.165, 1.54) is 0 Å². The first-order valence-corrected chi connectivity index (χ1v) is 6.08. The topological polar surface area (TPSA) is 37.3 Å². The molecular formula is C12H18F5O2. The number of halogens is 5. The zero-order valence-electron chi connectivity index (χ0n) is 10.5. The highest BCUT2D eigenvalue weighted by atomic mass is 19.4. The third-order valence-electron chi connectivity index (χ3n) is 2.86. The van der Waals surface area contributed by atoms with Gasteiger partial charge in [0.25, 0.3) is 0 Å². The summed E-state index contributed by atoms with van der Waals surface area (Å²) in [4.78, 5) is 10.8. The highest BCUT2D eigenvalue weighted by molar-refractivity contribution is 5.69. The maximum Gasteiger partial charge on any atom is 0.453 e. The zero-order valence-corrected chi connectivity index (χ0v) is 10.5. The molecule has 0 aliphatic rings. The Balaban J connectivity index is 4.16. The lowest BCUT2D eigenvalue weighted by Gasteiger charge is -2.20. The number of aliphatic carboxylic acids is 1. The first-order chi connectivity index (χ1) is 8.62.